The summed E-state index contributed by atoms with van der Waals surface area (Å²) in [5, 5.41) is 2.53. The van der Waals surface area contributed by atoms with Crippen LogP contribution in [0.4, 0.5) is 10.6 Å². The van der Waals surface area contributed by atoms with Gasteiger partial charge in [-0.15, -0.1) is 0 Å². The van der Waals surface area contributed by atoms with Crippen LogP contribution in [-0.4, -0.2) is 23.0 Å². The topological polar surface area (TPSA) is 68.3 Å². The maximum atomic E-state index is 11.5. The maximum absolute atomic E-state index is 11.5. The van der Waals surface area contributed by atoms with Crippen LogP contribution in [0.15, 0.2) is 12.3 Å². The summed E-state index contributed by atoms with van der Waals surface area (Å²) < 4.78 is 5.09. The van der Waals surface area contributed by atoms with E-state index in [0.29, 0.717) is 23.2 Å². The number of ether oxygens (including phenoxy) is 1. The molecule has 0 aliphatic carbocycles. The van der Waals surface area contributed by atoms with Crippen LogP contribution < -0.4 is 5.32 Å². The Morgan fingerprint density at radius 2 is 2.12 bits per heavy atom. The fraction of sp³-hybridized carbons (Fsp3) is 0.417. The van der Waals surface area contributed by atoms with Crippen molar-refractivity contribution in [1.82, 2.24) is 4.98 Å². The highest BCUT2D eigenvalue weighted by atomic mass is 16.6. The molecule has 1 N–H and O–H groups in total. The van der Waals surface area contributed by atoms with Gasteiger partial charge in [-0.25, -0.2) is 9.78 Å². The van der Waals surface area contributed by atoms with E-state index in [0.717, 1.165) is 0 Å². The van der Waals surface area contributed by atoms with E-state index < -0.39 is 11.7 Å². The SMILES string of the molecule is Cc1cc(C=O)cnc1NC(=O)OC(C)(C)C. The van der Waals surface area contributed by atoms with Gasteiger partial charge < -0.3 is 4.74 Å². The number of hydrogen-bond acceptors (Lipinski definition) is 4. The van der Waals surface area contributed by atoms with Crippen LogP contribution in [0.25, 0.3) is 0 Å². The second-order valence-electron chi connectivity index (χ2n) is 4.68. The quantitative estimate of drug-likeness (QED) is 0.801. The van der Waals surface area contributed by atoms with Gasteiger partial charge in [0.2, 0.25) is 0 Å². The first kappa shape index (κ1) is 13.2. The van der Waals surface area contributed by atoms with Crippen molar-refractivity contribution in [3.8, 4) is 0 Å². The van der Waals surface area contributed by atoms with Crippen molar-refractivity contribution in [2.24, 2.45) is 0 Å². The molecule has 1 heterocycles. The lowest BCUT2D eigenvalue weighted by Gasteiger charge is -2.19. The second-order valence-corrected chi connectivity index (χ2v) is 4.68. The van der Waals surface area contributed by atoms with E-state index in [4.69, 9.17) is 4.74 Å². The molecule has 0 atom stereocenters. The van der Waals surface area contributed by atoms with E-state index in [9.17, 15) is 9.59 Å². The van der Waals surface area contributed by atoms with E-state index in [1.165, 1.54) is 6.20 Å². The van der Waals surface area contributed by atoms with Crippen molar-refractivity contribution in [1.29, 1.82) is 0 Å². The van der Waals surface area contributed by atoms with Crippen LogP contribution in [-0.2, 0) is 4.74 Å². The average molecular weight is 236 g/mol. The highest BCUT2D eigenvalue weighted by molar-refractivity contribution is 5.85. The number of carbonyl (C=O) groups excluding carboxylic acids is 2. The molecule has 0 unspecified atom stereocenters. The Labute approximate surface area is 100 Å². The molecule has 1 rings (SSSR count). The Bertz CT molecular complexity index is 436. The third kappa shape index (κ3) is 4.22. The van der Waals surface area contributed by atoms with Crippen molar-refractivity contribution >= 4 is 18.2 Å². The van der Waals surface area contributed by atoms with Gasteiger partial charge in [0.05, 0.1) is 0 Å². The second kappa shape index (κ2) is 4.95. The van der Waals surface area contributed by atoms with Gasteiger partial charge in [0, 0.05) is 11.8 Å². The molecule has 17 heavy (non-hydrogen) atoms. The number of nitrogens with zero attached hydrogens (tertiary/aromatic N) is 1. The molecule has 0 aromatic carbocycles. The number of hydrogen-bond donors (Lipinski definition) is 1. The predicted octanol–water partition coefficient (Wildman–Crippen LogP) is 2.55. The summed E-state index contributed by atoms with van der Waals surface area (Å²) in [5.74, 6) is 0.393. The number of rotatable bonds is 2. The van der Waals surface area contributed by atoms with E-state index in [-0.39, 0.29) is 0 Å². The van der Waals surface area contributed by atoms with Gasteiger partial charge in [-0.05, 0) is 39.3 Å². The lowest BCUT2D eigenvalue weighted by atomic mass is 10.2. The molecule has 0 bridgehead atoms. The van der Waals surface area contributed by atoms with Crippen LogP contribution in [0.2, 0.25) is 0 Å². The minimum Gasteiger partial charge on any atom is -0.444 e. The summed E-state index contributed by atoms with van der Waals surface area (Å²) in [7, 11) is 0. The number of pyridine rings is 1. The molecule has 92 valence electrons. The molecule has 5 heteroatoms. The molecular formula is C12H16N2O3. The van der Waals surface area contributed by atoms with Gasteiger partial charge in [0.1, 0.15) is 11.4 Å². The highest BCUT2D eigenvalue weighted by Gasteiger charge is 2.17. The van der Waals surface area contributed by atoms with Gasteiger partial charge >= 0.3 is 6.09 Å². The third-order valence-corrected chi connectivity index (χ3v) is 1.85. The van der Waals surface area contributed by atoms with Crippen molar-refractivity contribution in [2.45, 2.75) is 33.3 Å². The first-order chi connectivity index (χ1) is 7.81. The Kier molecular flexibility index (Phi) is 3.83. The number of anilines is 1. The fourth-order valence-electron chi connectivity index (χ4n) is 1.19. The van der Waals surface area contributed by atoms with Crippen LogP contribution in [0.5, 0.6) is 0 Å². The van der Waals surface area contributed by atoms with Gasteiger partial charge in [-0.1, -0.05) is 0 Å². The van der Waals surface area contributed by atoms with Crippen molar-refractivity contribution in [3.63, 3.8) is 0 Å². The molecule has 1 amide bonds. The van der Waals surface area contributed by atoms with E-state index >= 15 is 0 Å². The first-order valence-corrected chi connectivity index (χ1v) is 5.23. The van der Waals surface area contributed by atoms with E-state index in [1.54, 1.807) is 33.8 Å². The Morgan fingerprint density at radius 1 is 1.47 bits per heavy atom. The number of aryl methyl sites for hydroxylation is 1. The smallest absolute Gasteiger partial charge is 0.413 e. The summed E-state index contributed by atoms with van der Waals surface area (Å²) >= 11 is 0. The number of amides is 1. The lowest BCUT2D eigenvalue weighted by molar-refractivity contribution is 0.0635. The molecular weight excluding hydrogens is 220 g/mol. The van der Waals surface area contributed by atoms with Crippen LogP contribution >= 0.6 is 0 Å². The van der Waals surface area contributed by atoms with Crippen LogP contribution in [0.1, 0.15) is 36.7 Å². The number of aldehydes is 1. The Balaban J connectivity index is 2.75. The summed E-state index contributed by atoms with van der Waals surface area (Å²) in [6.07, 6.45) is 1.54. The van der Waals surface area contributed by atoms with Crippen LogP contribution in [0.3, 0.4) is 0 Å². The normalized spacial score (nSPS) is 10.8. The minimum atomic E-state index is -0.563. The zero-order valence-corrected chi connectivity index (χ0v) is 10.4. The zero-order valence-electron chi connectivity index (χ0n) is 10.4. The Hall–Kier alpha value is -1.91. The minimum absolute atomic E-state index is 0.393. The number of aromatic nitrogens is 1. The van der Waals surface area contributed by atoms with Crippen LogP contribution in [0, 0.1) is 6.92 Å². The van der Waals surface area contributed by atoms with Gasteiger partial charge in [0.15, 0.2) is 6.29 Å². The molecule has 0 saturated carbocycles. The third-order valence-electron chi connectivity index (χ3n) is 1.85. The van der Waals surface area contributed by atoms with Crippen molar-refractivity contribution in [3.05, 3.63) is 23.4 Å². The average Bonchev–Trinajstić information content (AvgIpc) is 2.18. The fourth-order valence-corrected chi connectivity index (χ4v) is 1.19. The monoisotopic (exact) mass is 236 g/mol. The largest absolute Gasteiger partial charge is 0.444 e. The standard InChI is InChI=1S/C12H16N2O3/c1-8-5-9(7-15)6-13-10(8)14-11(16)17-12(2,3)4/h5-7H,1-4H3,(H,13,14,16). The van der Waals surface area contributed by atoms with Gasteiger partial charge in [-0.3, -0.25) is 10.1 Å². The molecule has 0 saturated heterocycles. The number of carbonyl (C=O) groups is 2. The Morgan fingerprint density at radius 3 is 2.59 bits per heavy atom. The molecule has 0 aliphatic heterocycles. The molecule has 0 aliphatic rings. The molecule has 1 aromatic rings. The molecule has 0 spiro atoms. The van der Waals surface area contributed by atoms with Gasteiger partial charge in [0.25, 0.3) is 0 Å². The van der Waals surface area contributed by atoms with Gasteiger partial charge in [-0.2, -0.15) is 0 Å². The van der Waals surface area contributed by atoms with Crippen molar-refractivity contribution in [2.75, 3.05) is 5.32 Å². The van der Waals surface area contributed by atoms with E-state index in [1.807, 2.05) is 0 Å². The first-order valence-electron chi connectivity index (χ1n) is 5.23. The maximum Gasteiger partial charge on any atom is 0.413 e. The highest BCUT2D eigenvalue weighted by Crippen LogP contribution is 2.14. The van der Waals surface area contributed by atoms with E-state index in [2.05, 4.69) is 10.3 Å². The summed E-state index contributed by atoms with van der Waals surface area (Å²) in [4.78, 5) is 26.0. The summed E-state index contributed by atoms with van der Waals surface area (Å²) in [6.45, 7) is 7.10. The molecule has 0 radical (unpaired) electrons. The molecule has 1 aromatic heterocycles. The number of nitrogens with one attached hydrogen (secondary N) is 1. The predicted molar refractivity (Wildman–Crippen MR) is 64.2 cm³/mol. The summed E-state index contributed by atoms with van der Waals surface area (Å²) in [6, 6.07) is 1.65. The lowest BCUT2D eigenvalue weighted by Crippen LogP contribution is -2.27. The van der Waals surface area contributed by atoms with Crippen molar-refractivity contribution < 1.29 is 14.3 Å². The summed E-state index contributed by atoms with van der Waals surface area (Å²) in [5.41, 5.74) is 0.624. The zero-order chi connectivity index (χ0) is 13.1. The molecule has 5 nitrogen and oxygen atoms in total. The molecule has 0 fully saturated rings.